The molecule has 1 saturated heterocycles. The maximum Gasteiger partial charge on any atom is 0.498 e. The Kier molecular flexibility index (Phi) is 3.51. The summed E-state index contributed by atoms with van der Waals surface area (Å²) in [5.74, 6) is 2.97. The summed E-state index contributed by atoms with van der Waals surface area (Å²) in [5.41, 5.74) is 2.61. The molecule has 6 rings (SSSR count). The zero-order chi connectivity index (χ0) is 17.4. The van der Waals surface area contributed by atoms with E-state index in [2.05, 4.69) is 32.4 Å². The lowest BCUT2D eigenvalue weighted by Crippen LogP contribution is -2.48. The molecule has 4 bridgehead atoms. The summed E-state index contributed by atoms with van der Waals surface area (Å²) in [6.45, 7) is 9.58. The molecule has 0 aromatic carbocycles. The second-order valence-corrected chi connectivity index (χ2v) is 10.1. The predicted octanol–water partition coefficient (Wildman–Crippen LogP) is 3.32. The van der Waals surface area contributed by atoms with Crippen molar-refractivity contribution in [2.45, 2.75) is 84.5 Å². The minimum absolute atomic E-state index is 0.100. The number of nitrogens with zero attached hydrogens (tertiary/aromatic N) is 2. The lowest BCUT2D eigenvalue weighted by Gasteiger charge is -2.56. The maximum absolute atomic E-state index is 6.16. The van der Waals surface area contributed by atoms with E-state index in [0.717, 1.165) is 29.8 Å². The predicted molar refractivity (Wildman–Crippen MR) is 98.7 cm³/mol. The van der Waals surface area contributed by atoms with Crippen molar-refractivity contribution in [1.82, 2.24) is 9.78 Å². The van der Waals surface area contributed by atoms with Crippen LogP contribution in [-0.2, 0) is 15.9 Å². The number of hydrogen-bond acceptors (Lipinski definition) is 3. The quantitative estimate of drug-likeness (QED) is 0.791. The number of aromatic nitrogens is 2. The van der Waals surface area contributed by atoms with E-state index < -0.39 is 0 Å². The Labute approximate surface area is 151 Å². The summed E-state index contributed by atoms with van der Waals surface area (Å²) in [6, 6.07) is 0. The fourth-order valence-electron chi connectivity index (χ4n) is 6.54. The summed E-state index contributed by atoms with van der Waals surface area (Å²) >= 11 is 0. The van der Waals surface area contributed by atoms with Gasteiger partial charge in [0.25, 0.3) is 0 Å². The highest BCUT2D eigenvalue weighted by atomic mass is 16.7. The van der Waals surface area contributed by atoms with Crippen molar-refractivity contribution in [3.63, 3.8) is 0 Å². The first kappa shape index (κ1) is 16.4. The van der Waals surface area contributed by atoms with Gasteiger partial charge < -0.3 is 9.31 Å². The first-order valence-corrected chi connectivity index (χ1v) is 10.2. The van der Waals surface area contributed by atoms with Crippen LogP contribution in [0.2, 0.25) is 0 Å². The van der Waals surface area contributed by atoms with Gasteiger partial charge in [-0.25, -0.2) is 0 Å². The lowest BCUT2D eigenvalue weighted by molar-refractivity contribution is -0.0638. The molecule has 5 fully saturated rings. The van der Waals surface area contributed by atoms with Crippen molar-refractivity contribution in [1.29, 1.82) is 0 Å². The van der Waals surface area contributed by atoms with Crippen molar-refractivity contribution in [3.05, 3.63) is 11.9 Å². The molecule has 0 spiro atoms. The van der Waals surface area contributed by atoms with Crippen LogP contribution in [0.1, 0.15) is 65.0 Å². The van der Waals surface area contributed by atoms with Crippen LogP contribution >= 0.6 is 0 Å². The van der Waals surface area contributed by atoms with Gasteiger partial charge in [0.2, 0.25) is 0 Å². The third kappa shape index (κ3) is 2.61. The van der Waals surface area contributed by atoms with Gasteiger partial charge in [-0.1, -0.05) is 0 Å². The van der Waals surface area contributed by atoms with Gasteiger partial charge in [0, 0.05) is 23.9 Å². The Morgan fingerprint density at radius 3 is 2.28 bits per heavy atom. The average molecular weight is 342 g/mol. The third-order valence-electron chi connectivity index (χ3n) is 7.76. The van der Waals surface area contributed by atoms with Crippen LogP contribution in [0.3, 0.4) is 0 Å². The van der Waals surface area contributed by atoms with E-state index in [4.69, 9.17) is 14.4 Å². The number of hydrogen-bond donors (Lipinski definition) is 0. The van der Waals surface area contributed by atoms with Gasteiger partial charge in [-0.05, 0) is 89.4 Å². The fourth-order valence-corrected chi connectivity index (χ4v) is 6.54. The van der Waals surface area contributed by atoms with Gasteiger partial charge in [0.05, 0.1) is 11.7 Å². The molecule has 0 amide bonds. The van der Waals surface area contributed by atoms with E-state index in [-0.39, 0.29) is 18.8 Å². The highest BCUT2D eigenvalue weighted by molar-refractivity contribution is 6.62. The Morgan fingerprint density at radius 1 is 1.16 bits per heavy atom. The van der Waals surface area contributed by atoms with Crippen LogP contribution in [0, 0.1) is 30.1 Å². The monoisotopic (exact) mass is 342 g/mol. The molecule has 5 aliphatic rings. The summed E-state index contributed by atoms with van der Waals surface area (Å²) in [5, 5.41) is 4.77. The molecule has 1 unspecified atom stereocenters. The molecule has 136 valence electrons. The number of rotatable bonds is 3. The summed E-state index contributed by atoms with van der Waals surface area (Å²) in [4.78, 5) is 0. The van der Waals surface area contributed by atoms with Crippen molar-refractivity contribution in [2.75, 3.05) is 0 Å². The van der Waals surface area contributed by atoms with Crippen molar-refractivity contribution in [3.8, 4) is 0 Å². The Bertz CT molecular complexity index is 648. The zero-order valence-corrected chi connectivity index (χ0v) is 16.1. The third-order valence-corrected chi connectivity index (χ3v) is 7.76. The Balaban J connectivity index is 1.37. The molecule has 5 heteroatoms. The molecule has 1 atom stereocenters. The second kappa shape index (κ2) is 5.35. The summed E-state index contributed by atoms with van der Waals surface area (Å²) < 4.78 is 14.5. The molecule has 4 nitrogen and oxygen atoms in total. The van der Waals surface area contributed by atoms with Crippen LogP contribution in [0.15, 0.2) is 6.20 Å². The summed E-state index contributed by atoms with van der Waals surface area (Å²) in [6.07, 6.45) is 10.9. The highest BCUT2D eigenvalue weighted by Crippen LogP contribution is 2.60. The summed E-state index contributed by atoms with van der Waals surface area (Å²) in [7, 11) is -0.268. The molecule has 1 aromatic heterocycles. The SMILES string of the molecule is Cc1c(B2OC(C)C(C)(C)O2)cnn1CC12CC3CC(CC(C3)C1)C2. The molecular formula is C20H31BN2O2. The average Bonchev–Trinajstić information content (AvgIpc) is 2.98. The van der Waals surface area contributed by atoms with Crippen LogP contribution in [-0.4, -0.2) is 28.6 Å². The standard InChI is InChI=1S/C20H31BN2O2/c1-13-18(21-24-14(2)19(3,4)25-21)11-22-23(13)12-20-8-15-5-16(9-20)7-17(6-15)10-20/h11,14-17H,5-10,12H2,1-4H3. The van der Waals surface area contributed by atoms with Gasteiger partial charge in [0.15, 0.2) is 0 Å². The van der Waals surface area contributed by atoms with Crippen molar-refractivity contribution < 1.29 is 9.31 Å². The van der Waals surface area contributed by atoms with E-state index in [1.165, 1.54) is 44.2 Å². The molecule has 0 radical (unpaired) electrons. The van der Waals surface area contributed by atoms with Crippen LogP contribution in [0.25, 0.3) is 0 Å². The van der Waals surface area contributed by atoms with E-state index in [9.17, 15) is 0 Å². The van der Waals surface area contributed by atoms with E-state index >= 15 is 0 Å². The van der Waals surface area contributed by atoms with Crippen LogP contribution < -0.4 is 5.46 Å². The molecule has 4 saturated carbocycles. The zero-order valence-electron chi connectivity index (χ0n) is 16.1. The molecular weight excluding hydrogens is 311 g/mol. The van der Waals surface area contributed by atoms with Crippen molar-refractivity contribution >= 4 is 12.6 Å². The minimum atomic E-state index is -0.268. The minimum Gasteiger partial charge on any atom is -0.402 e. The smallest absolute Gasteiger partial charge is 0.402 e. The first-order valence-electron chi connectivity index (χ1n) is 10.2. The Hall–Kier alpha value is -0.805. The molecule has 1 aliphatic heterocycles. The molecule has 4 aliphatic carbocycles. The maximum atomic E-state index is 6.16. The second-order valence-electron chi connectivity index (χ2n) is 10.1. The van der Waals surface area contributed by atoms with Gasteiger partial charge >= 0.3 is 7.12 Å². The van der Waals surface area contributed by atoms with E-state index in [0.29, 0.717) is 5.41 Å². The molecule has 0 N–H and O–H groups in total. The van der Waals surface area contributed by atoms with Gasteiger partial charge in [-0.15, -0.1) is 0 Å². The molecule has 25 heavy (non-hydrogen) atoms. The fraction of sp³-hybridized carbons (Fsp3) is 0.850. The van der Waals surface area contributed by atoms with E-state index in [1.807, 2.05) is 6.20 Å². The van der Waals surface area contributed by atoms with Crippen LogP contribution in [0.4, 0.5) is 0 Å². The van der Waals surface area contributed by atoms with Crippen LogP contribution in [0.5, 0.6) is 0 Å². The topological polar surface area (TPSA) is 36.3 Å². The van der Waals surface area contributed by atoms with Gasteiger partial charge in [-0.2, -0.15) is 5.10 Å². The Morgan fingerprint density at radius 2 is 1.76 bits per heavy atom. The van der Waals surface area contributed by atoms with Gasteiger partial charge in [-0.3, -0.25) is 4.68 Å². The normalized spacial score (nSPS) is 41.7. The molecule has 2 heterocycles. The highest BCUT2D eigenvalue weighted by Gasteiger charge is 2.51. The first-order chi connectivity index (χ1) is 11.8. The lowest BCUT2D eigenvalue weighted by atomic mass is 9.49. The van der Waals surface area contributed by atoms with E-state index in [1.54, 1.807) is 0 Å². The van der Waals surface area contributed by atoms with Gasteiger partial charge in [0.1, 0.15) is 0 Å². The van der Waals surface area contributed by atoms with Crippen molar-refractivity contribution in [2.24, 2.45) is 23.2 Å². The molecule has 1 aromatic rings. The largest absolute Gasteiger partial charge is 0.498 e.